The molecular formula is C28H28N6OS2. The highest BCUT2D eigenvalue weighted by Crippen LogP contribution is 2.23. The van der Waals surface area contributed by atoms with Gasteiger partial charge in [-0.1, -0.05) is 65.9 Å². The highest BCUT2D eigenvalue weighted by molar-refractivity contribution is 7.99. The van der Waals surface area contributed by atoms with Crippen molar-refractivity contribution in [2.24, 2.45) is 10.2 Å². The first-order valence-electron chi connectivity index (χ1n) is 11.8. The monoisotopic (exact) mass is 528 g/mol. The molecule has 7 nitrogen and oxygen atoms in total. The van der Waals surface area contributed by atoms with E-state index in [1.165, 1.54) is 22.9 Å². The Morgan fingerprint density at radius 2 is 1.65 bits per heavy atom. The molecule has 0 spiro atoms. The number of hydrogen-bond acceptors (Lipinski definition) is 7. The zero-order valence-corrected chi connectivity index (χ0v) is 22.2. The third-order valence-corrected chi connectivity index (χ3v) is 7.21. The van der Waals surface area contributed by atoms with Gasteiger partial charge in [0.25, 0.3) is 0 Å². The number of azo groups is 1. The Morgan fingerprint density at radius 1 is 0.946 bits per heavy atom. The van der Waals surface area contributed by atoms with Gasteiger partial charge in [-0.2, -0.15) is 10.2 Å². The normalized spacial score (nSPS) is 11.1. The number of allylic oxidation sites excluding steroid dienone is 1. The molecule has 1 N–H and O–H groups in total. The average molecular weight is 529 g/mol. The molecule has 1 aromatic heterocycles. The van der Waals surface area contributed by atoms with Gasteiger partial charge < -0.3 is 9.88 Å². The third-order valence-electron chi connectivity index (χ3n) is 5.25. The molecule has 0 saturated carbocycles. The van der Waals surface area contributed by atoms with Crippen LogP contribution in [0.1, 0.15) is 17.0 Å². The van der Waals surface area contributed by atoms with Crippen molar-refractivity contribution in [1.82, 2.24) is 14.8 Å². The lowest BCUT2D eigenvalue weighted by Crippen LogP contribution is -2.14. The summed E-state index contributed by atoms with van der Waals surface area (Å²) in [5.74, 6) is 2.61. The van der Waals surface area contributed by atoms with Crippen LogP contribution in [0.5, 0.6) is 0 Å². The van der Waals surface area contributed by atoms with Gasteiger partial charge in [0.1, 0.15) is 5.82 Å². The van der Waals surface area contributed by atoms with Crippen LogP contribution in [0.2, 0.25) is 0 Å². The van der Waals surface area contributed by atoms with E-state index in [2.05, 4.69) is 63.5 Å². The molecule has 188 valence electrons. The number of carbonyl (C=O) groups is 1. The van der Waals surface area contributed by atoms with Crippen molar-refractivity contribution in [2.45, 2.75) is 30.1 Å². The van der Waals surface area contributed by atoms with E-state index in [1.54, 1.807) is 11.8 Å². The van der Waals surface area contributed by atoms with Crippen molar-refractivity contribution in [1.29, 1.82) is 0 Å². The Morgan fingerprint density at radius 3 is 2.35 bits per heavy atom. The maximum Gasteiger partial charge on any atom is 0.234 e. The van der Waals surface area contributed by atoms with E-state index >= 15 is 0 Å². The zero-order valence-electron chi connectivity index (χ0n) is 20.6. The molecule has 0 unspecified atom stereocenters. The number of hydrogen-bond donors (Lipinski definition) is 1. The van der Waals surface area contributed by atoms with E-state index in [9.17, 15) is 4.79 Å². The molecule has 0 aliphatic carbocycles. The molecule has 37 heavy (non-hydrogen) atoms. The smallest absolute Gasteiger partial charge is 0.234 e. The fraction of sp³-hybridized carbons (Fsp3) is 0.179. The molecule has 1 heterocycles. The van der Waals surface area contributed by atoms with E-state index < -0.39 is 0 Å². The van der Waals surface area contributed by atoms with Gasteiger partial charge in [-0.3, -0.25) is 4.79 Å². The summed E-state index contributed by atoms with van der Waals surface area (Å²) < 4.78 is 2.01. The lowest BCUT2D eigenvalue weighted by atomic mass is 10.2. The lowest BCUT2D eigenvalue weighted by molar-refractivity contribution is -0.113. The van der Waals surface area contributed by atoms with Crippen LogP contribution in [0.25, 0.3) is 0 Å². The molecule has 0 fully saturated rings. The Hall–Kier alpha value is -3.69. The predicted molar refractivity (Wildman–Crippen MR) is 153 cm³/mol. The van der Waals surface area contributed by atoms with Crippen LogP contribution in [0.4, 0.5) is 17.1 Å². The molecule has 0 bridgehead atoms. The van der Waals surface area contributed by atoms with Crippen molar-refractivity contribution in [2.75, 3.05) is 11.1 Å². The van der Waals surface area contributed by atoms with Crippen LogP contribution >= 0.6 is 23.5 Å². The minimum Gasteiger partial charge on any atom is -0.325 e. The quantitative estimate of drug-likeness (QED) is 0.118. The first-order valence-corrected chi connectivity index (χ1v) is 13.9. The molecule has 0 radical (unpaired) electrons. The molecule has 0 aliphatic rings. The number of thioether (sulfide) groups is 2. The largest absolute Gasteiger partial charge is 0.325 e. The molecule has 0 atom stereocenters. The van der Waals surface area contributed by atoms with Gasteiger partial charge in [0.15, 0.2) is 5.16 Å². The average Bonchev–Trinajstić information content (AvgIpc) is 3.30. The van der Waals surface area contributed by atoms with E-state index in [1.807, 2.05) is 65.2 Å². The van der Waals surface area contributed by atoms with Crippen molar-refractivity contribution < 1.29 is 4.79 Å². The second kappa shape index (κ2) is 13.6. The number of carbonyl (C=O) groups excluding carboxylic acids is 1. The molecule has 0 saturated heterocycles. The molecule has 0 aliphatic heterocycles. The maximum atomic E-state index is 12.6. The van der Waals surface area contributed by atoms with Gasteiger partial charge in [0.05, 0.1) is 22.9 Å². The van der Waals surface area contributed by atoms with Gasteiger partial charge in [-0.05, 0) is 48.9 Å². The van der Waals surface area contributed by atoms with Crippen LogP contribution in [0.3, 0.4) is 0 Å². The zero-order chi connectivity index (χ0) is 25.9. The number of anilines is 1. The summed E-state index contributed by atoms with van der Waals surface area (Å²) in [6.45, 7) is 6.54. The summed E-state index contributed by atoms with van der Waals surface area (Å²) in [4.78, 5) is 12.6. The molecule has 4 rings (SSSR count). The van der Waals surface area contributed by atoms with E-state index in [0.29, 0.717) is 23.1 Å². The van der Waals surface area contributed by atoms with Gasteiger partial charge in [-0.15, -0.1) is 28.5 Å². The van der Waals surface area contributed by atoms with Crippen LogP contribution < -0.4 is 5.32 Å². The second-order valence-electron chi connectivity index (χ2n) is 8.20. The number of aryl methyl sites for hydroxylation is 1. The number of rotatable bonds is 12. The lowest BCUT2D eigenvalue weighted by Gasteiger charge is -2.08. The molecule has 3 aromatic carbocycles. The summed E-state index contributed by atoms with van der Waals surface area (Å²) in [6.07, 6.45) is 1.82. The first kappa shape index (κ1) is 26.4. The number of nitrogens with one attached hydrogen (secondary N) is 1. The summed E-state index contributed by atoms with van der Waals surface area (Å²) in [6, 6.07) is 25.3. The fourth-order valence-electron chi connectivity index (χ4n) is 3.34. The highest BCUT2D eigenvalue weighted by atomic mass is 32.2. The van der Waals surface area contributed by atoms with Gasteiger partial charge >= 0.3 is 0 Å². The van der Waals surface area contributed by atoms with Gasteiger partial charge in [-0.25, -0.2) is 0 Å². The van der Waals surface area contributed by atoms with Crippen molar-refractivity contribution >= 4 is 46.5 Å². The summed E-state index contributed by atoms with van der Waals surface area (Å²) >= 11 is 3.15. The standard InChI is InChI=1S/C28H28N6OS2/c1-3-17-34-26(19-36-18-22-11-9-21(2)10-12-22)32-33-28(34)37-20-27(35)29-23-13-15-25(16-14-23)31-30-24-7-5-4-6-8-24/h3-16H,1,17-20H2,2H3,(H,29,35). The maximum absolute atomic E-state index is 12.6. The van der Waals surface area contributed by atoms with Gasteiger partial charge in [0.2, 0.25) is 5.91 Å². The first-order chi connectivity index (χ1) is 18.1. The minimum absolute atomic E-state index is 0.118. The van der Waals surface area contributed by atoms with Crippen molar-refractivity contribution in [3.05, 3.63) is 108 Å². The molecular weight excluding hydrogens is 500 g/mol. The van der Waals surface area contributed by atoms with Crippen LogP contribution in [0, 0.1) is 6.92 Å². The third kappa shape index (κ3) is 8.16. The van der Waals surface area contributed by atoms with E-state index in [0.717, 1.165) is 23.0 Å². The van der Waals surface area contributed by atoms with E-state index in [-0.39, 0.29) is 11.7 Å². The molecule has 1 amide bonds. The van der Waals surface area contributed by atoms with E-state index in [4.69, 9.17) is 0 Å². The minimum atomic E-state index is -0.118. The second-order valence-corrected chi connectivity index (χ2v) is 10.1. The number of aromatic nitrogens is 3. The summed E-state index contributed by atoms with van der Waals surface area (Å²) in [7, 11) is 0. The van der Waals surface area contributed by atoms with Crippen LogP contribution in [0.15, 0.2) is 107 Å². The Balaban J connectivity index is 1.27. The van der Waals surface area contributed by atoms with Crippen LogP contribution in [-0.4, -0.2) is 26.4 Å². The summed E-state index contributed by atoms with van der Waals surface area (Å²) in [5.41, 5.74) is 4.73. The van der Waals surface area contributed by atoms with Crippen molar-refractivity contribution in [3.8, 4) is 0 Å². The fourth-order valence-corrected chi connectivity index (χ4v) is 5.03. The highest BCUT2D eigenvalue weighted by Gasteiger charge is 2.14. The number of amides is 1. The Labute approximate surface area is 225 Å². The SMILES string of the molecule is C=CCn1c(CSCc2ccc(C)cc2)nnc1SCC(=O)Nc1ccc(N=Nc2ccccc2)cc1. The Bertz CT molecular complexity index is 1340. The number of nitrogens with zero attached hydrogens (tertiary/aromatic N) is 5. The van der Waals surface area contributed by atoms with Crippen molar-refractivity contribution in [3.63, 3.8) is 0 Å². The molecule has 9 heteroatoms. The Kier molecular flexibility index (Phi) is 9.67. The summed E-state index contributed by atoms with van der Waals surface area (Å²) in [5, 5.41) is 20.7. The van der Waals surface area contributed by atoms with Crippen LogP contribution in [-0.2, 0) is 22.8 Å². The van der Waals surface area contributed by atoms with Gasteiger partial charge in [0, 0.05) is 18.0 Å². The number of benzene rings is 3. The topological polar surface area (TPSA) is 84.5 Å². The molecule has 4 aromatic rings. The predicted octanol–water partition coefficient (Wildman–Crippen LogP) is 7.35.